The van der Waals surface area contributed by atoms with E-state index in [9.17, 15) is 0 Å². The van der Waals surface area contributed by atoms with Gasteiger partial charge in [-0.25, -0.2) is 0 Å². The summed E-state index contributed by atoms with van der Waals surface area (Å²) in [5.41, 5.74) is 11.2. The van der Waals surface area contributed by atoms with Crippen LogP contribution >= 0.6 is 0 Å². The van der Waals surface area contributed by atoms with E-state index in [1.165, 1.54) is 38.9 Å². The first kappa shape index (κ1) is 20.1. The highest BCUT2D eigenvalue weighted by Crippen LogP contribution is 2.35. The molecule has 0 N–H and O–H groups in total. The monoisotopic (exact) mass is 391 g/mol. The molecule has 0 aliphatic rings. The van der Waals surface area contributed by atoms with Crippen LogP contribution < -0.4 is 0 Å². The molecule has 0 atom stereocenters. The predicted octanol–water partition coefficient (Wildman–Crippen LogP) is 7.67. The Morgan fingerprint density at radius 1 is 0.633 bits per heavy atom. The number of aromatic nitrogens is 1. The first-order chi connectivity index (χ1) is 14.4. The van der Waals surface area contributed by atoms with Gasteiger partial charge in [0, 0.05) is 17.2 Å². The normalized spacial score (nSPS) is 11.5. The number of hydrogen-bond donors (Lipinski definition) is 0. The van der Waals surface area contributed by atoms with Crippen LogP contribution in [0.2, 0.25) is 0 Å². The maximum atomic E-state index is 4.71. The molecular weight excluding hydrogens is 362 g/mol. The Kier molecular flexibility index (Phi) is 5.30. The third-order valence-corrected chi connectivity index (χ3v) is 6.10. The van der Waals surface area contributed by atoms with Crippen molar-refractivity contribution in [3.63, 3.8) is 0 Å². The van der Waals surface area contributed by atoms with Crippen LogP contribution in [-0.2, 0) is 5.41 Å². The van der Waals surface area contributed by atoms with Crippen molar-refractivity contribution in [3.8, 4) is 22.4 Å². The Morgan fingerprint density at radius 3 is 2.00 bits per heavy atom. The topological polar surface area (TPSA) is 12.9 Å². The van der Waals surface area contributed by atoms with Gasteiger partial charge in [-0.1, -0.05) is 80.1 Å². The smallest absolute Gasteiger partial charge is 0.0708 e. The molecule has 0 amide bonds. The number of aryl methyl sites for hydroxylation is 3. The highest BCUT2D eigenvalue weighted by molar-refractivity contribution is 5.75. The molecule has 0 spiro atoms. The van der Waals surface area contributed by atoms with E-state index in [1.54, 1.807) is 0 Å². The predicted molar refractivity (Wildman–Crippen MR) is 128 cm³/mol. The van der Waals surface area contributed by atoms with Crippen molar-refractivity contribution in [1.29, 1.82) is 0 Å². The minimum absolute atomic E-state index is 0.0704. The van der Waals surface area contributed by atoms with Crippen molar-refractivity contribution < 1.29 is 0 Å². The summed E-state index contributed by atoms with van der Waals surface area (Å²) in [5.74, 6) is 0. The standard InChI is InChI=1S/C29H29N/c1-20-16-21(2)28(22(3)17-20)24-14-15-30-27(19-24)23-10-9-13-26(18-23)29(4,5)25-11-7-6-8-12-25/h6-19H,1-5H3. The van der Waals surface area contributed by atoms with Gasteiger partial charge in [0.15, 0.2) is 0 Å². The van der Waals surface area contributed by atoms with Crippen LogP contribution in [0.1, 0.15) is 41.7 Å². The minimum Gasteiger partial charge on any atom is -0.256 e. The van der Waals surface area contributed by atoms with Crippen LogP contribution in [0.3, 0.4) is 0 Å². The number of nitrogens with zero attached hydrogens (tertiary/aromatic N) is 1. The van der Waals surface area contributed by atoms with Crippen LogP contribution in [0.25, 0.3) is 22.4 Å². The molecule has 0 aliphatic carbocycles. The highest BCUT2D eigenvalue weighted by Gasteiger charge is 2.23. The zero-order valence-corrected chi connectivity index (χ0v) is 18.5. The molecule has 1 heterocycles. The second-order valence-corrected chi connectivity index (χ2v) is 8.78. The van der Waals surface area contributed by atoms with E-state index in [-0.39, 0.29) is 5.41 Å². The molecule has 3 aromatic carbocycles. The van der Waals surface area contributed by atoms with Gasteiger partial charge >= 0.3 is 0 Å². The average molecular weight is 392 g/mol. The molecule has 0 aliphatic heterocycles. The lowest BCUT2D eigenvalue weighted by Gasteiger charge is -2.26. The Bertz CT molecular complexity index is 1160. The van der Waals surface area contributed by atoms with Crippen LogP contribution in [0.5, 0.6) is 0 Å². The molecule has 1 heteroatoms. The summed E-state index contributed by atoms with van der Waals surface area (Å²) in [5, 5.41) is 0. The minimum atomic E-state index is -0.0704. The summed E-state index contributed by atoms with van der Waals surface area (Å²) in [7, 11) is 0. The van der Waals surface area contributed by atoms with Gasteiger partial charge in [-0.3, -0.25) is 4.98 Å². The Balaban J connectivity index is 1.77. The number of pyridine rings is 1. The second kappa shape index (κ2) is 7.91. The fourth-order valence-electron chi connectivity index (χ4n) is 4.47. The summed E-state index contributed by atoms with van der Waals surface area (Å²) in [6.45, 7) is 11.1. The molecule has 0 radical (unpaired) electrons. The Morgan fingerprint density at radius 2 is 1.30 bits per heavy atom. The maximum absolute atomic E-state index is 4.71. The van der Waals surface area contributed by atoms with Crippen LogP contribution in [0.15, 0.2) is 85.1 Å². The largest absolute Gasteiger partial charge is 0.256 e. The van der Waals surface area contributed by atoms with E-state index in [4.69, 9.17) is 4.98 Å². The van der Waals surface area contributed by atoms with E-state index in [1.807, 2.05) is 6.20 Å². The molecule has 150 valence electrons. The molecule has 0 bridgehead atoms. The van der Waals surface area contributed by atoms with Crippen molar-refractivity contribution in [3.05, 3.63) is 113 Å². The molecule has 4 rings (SSSR count). The molecule has 0 saturated heterocycles. The Labute approximate surface area is 180 Å². The zero-order chi connectivity index (χ0) is 21.3. The van der Waals surface area contributed by atoms with Crippen molar-refractivity contribution in [1.82, 2.24) is 4.98 Å². The van der Waals surface area contributed by atoms with Gasteiger partial charge in [0.2, 0.25) is 0 Å². The molecule has 1 nitrogen and oxygen atoms in total. The third kappa shape index (κ3) is 3.80. The Hall–Kier alpha value is -3.19. The number of rotatable bonds is 4. The SMILES string of the molecule is Cc1cc(C)c(-c2ccnc(-c3cccc(C(C)(C)c4ccccc4)c3)c2)c(C)c1. The first-order valence-electron chi connectivity index (χ1n) is 10.6. The number of hydrogen-bond acceptors (Lipinski definition) is 1. The van der Waals surface area contributed by atoms with E-state index in [0.29, 0.717) is 0 Å². The van der Waals surface area contributed by atoms with Crippen LogP contribution in [0.4, 0.5) is 0 Å². The van der Waals surface area contributed by atoms with Gasteiger partial charge in [0.05, 0.1) is 5.69 Å². The molecule has 0 unspecified atom stereocenters. The fraction of sp³-hybridized carbons (Fsp3) is 0.207. The zero-order valence-electron chi connectivity index (χ0n) is 18.5. The summed E-state index contributed by atoms with van der Waals surface area (Å²) in [4.78, 5) is 4.71. The van der Waals surface area contributed by atoms with E-state index >= 15 is 0 Å². The van der Waals surface area contributed by atoms with Gasteiger partial charge in [0.25, 0.3) is 0 Å². The first-order valence-corrected chi connectivity index (χ1v) is 10.6. The molecule has 4 aromatic rings. The van der Waals surface area contributed by atoms with Crippen molar-refractivity contribution in [2.75, 3.05) is 0 Å². The summed E-state index contributed by atoms with van der Waals surface area (Å²) in [6.07, 6.45) is 1.93. The molecule has 30 heavy (non-hydrogen) atoms. The lowest BCUT2D eigenvalue weighted by Crippen LogP contribution is -2.18. The lowest BCUT2D eigenvalue weighted by atomic mass is 9.77. The van der Waals surface area contributed by atoms with Gasteiger partial charge in [-0.2, -0.15) is 0 Å². The fourth-order valence-corrected chi connectivity index (χ4v) is 4.47. The number of benzene rings is 3. The lowest BCUT2D eigenvalue weighted by molar-refractivity contribution is 0.641. The van der Waals surface area contributed by atoms with Gasteiger partial charge in [-0.15, -0.1) is 0 Å². The van der Waals surface area contributed by atoms with Crippen molar-refractivity contribution >= 4 is 0 Å². The van der Waals surface area contributed by atoms with Crippen molar-refractivity contribution in [2.24, 2.45) is 0 Å². The summed E-state index contributed by atoms with van der Waals surface area (Å²) < 4.78 is 0. The quantitative estimate of drug-likeness (QED) is 0.348. The molecule has 1 aromatic heterocycles. The van der Waals surface area contributed by atoms with Crippen LogP contribution in [0, 0.1) is 20.8 Å². The van der Waals surface area contributed by atoms with E-state index < -0.39 is 0 Å². The van der Waals surface area contributed by atoms with Gasteiger partial charge in [0.1, 0.15) is 0 Å². The van der Waals surface area contributed by atoms with E-state index in [2.05, 4.69) is 113 Å². The maximum Gasteiger partial charge on any atom is 0.0708 e. The van der Waals surface area contributed by atoms with Crippen molar-refractivity contribution in [2.45, 2.75) is 40.0 Å². The summed E-state index contributed by atoms with van der Waals surface area (Å²) >= 11 is 0. The van der Waals surface area contributed by atoms with E-state index in [0.717, 1.165) is 11.3 Å². The molecule has 0 saturated carbocycles. The molecular formula is C29H29N. The molecule has 0 fully saturated rings. The van der Waals surface area contributed by atoms with Gasteiger partial charge in [-0.05, 0) is 72.4 Å². The highest BCUT2D eigenvalue weighted by atomic mass is 14.7. The van der Waals surface area contributed by atoms with Crippen LogP contribution in [-0.4, -0.2) is 4.98 Å². The third-order valence-electron chi connectivity index (χ3n) is 6.10. The van der Waals surface area contributed by atoms with Gasteiger partial charge < -0.3 is 0 Å². The summed E-state index contributed by atoms with van der Waals surface area (Å²) in [6, 6.07) is 28.3. The second-order valence-electron chi connectivity index (χ2n) is 8.78. The average Bonchev–Trinajstić information content (AvgIpc) is 2.74.